The Kier molecular flexibility index (Phi) is 3.02. The summed E-state index contributed by atoms with van der Waals surface area (Å²) in [5.41, 5.74) is 7.27. The Morgan fingerprint density at radius 3 is 2.46 bits per heavy atom. The number of benzene rings is 2. The van der Waals surface area contributed by atoms with E-state index in [1.165, 1.54) is 12.1 Å². The van der Waals surface area contributed by atoms with Gasteiger partial charge in [-0.1, -0.05) is 24.3 Å². The smallest absolute Gasteiger partial charge is 0.370 e. The Morgan fingerprint density at radius 2 is 1.75 bits per heavy atom. The molecule has 1 aliphatic heterocycles. The lowest BCUT2D eigenvalue weighted by Crippen LogP contribution is -2.31. The second-order valence-electron chi connectivity index (χ2n) is 5.43. The van der Waals surface area contributed by atoms with Crippen molar-refractivity contribution in [3.63, 3.8) is 0 Å². The summed E-state index contributed by atoms with van der Waals surface area (Å²) < 4.78 is 40.1. The molecule has 0 fully saturated rings. The predicted molar refractivity (Wildman–Crippen MR) is 84.6 cm³/mol. The van der Waals surface area contributed by atoms with Crippen molar-refractivity contribution in [2.45, 2.75) is 12.3 Å². The number of fused-ring (bicyclic) bond motifs is 3. The number of alkyl halides is 3. The highest BCUT2D eigenvalue weighted by molar-refractivity contribution is 5.94. The molecule has 2 heterocycles. The minimum atomic E-state index is -4.37. The van der Waals surface area contributed by atoms with E-state index in [0.29, 0.717) is 11.5 Å². The normalized spacial score (nSPS) is 17.3. The molecule has 1 aromatic heterocycles. The summed E-state index contributed by atoms with van der Waals surface area (Å²) in [5.74, 6) is 0.677. The average Bonchev–Trinajstić information content (AvgIpc) is 2.91. The van der Waals surface area contributed by atoms with Crippen LogP contribution in [0.5, 0.6) is 0 Å². The van der Waals surface area contributed by atoms with E-state index >= 15 is 0 Å². The molecule has 1 unspecified atom stereocenters. The van der Waals surface area contributed by atoms with E-state index in [-0.39, 0.29) is 5.96 Å². The van der Waals surface area contributed by atoms with Gasteiger partial charge in [0, 0.05) is 0 Å². The third kappa shape index (κ3) is 2.27. The van der Waals surface area contributed by atoms with Crippen molar-refractivity contribution in [3.05, 3.63) is 59.7 Å². The van der Waals surface area contributed by atoms with E-state index in [2.05, 4.69) is 15.3 Å². The van der Waals surface area contributed by atoms with E-state index in [1.54, 1.807) is 0 Å². The Balaban J connectivity index is 1.85. The fourth-order valence-corrected chi connectivity index (χ4v) is 2.78. The topological polar surface area (TPSA) is 68.2 Å². The van der Waals surface area contributed by atoms with Gasteiger partial charge in [0.1, 0.15) is 0 Å². The van der Waals surface area contributed by atoms with E-state index in [9.17, 15) is 13.2 Å². The highest BCUT2D eigenvalue weighted by atomic mass is 19.4. The Bertz CT molecular complexity index is 940. The van der Waals surface area contributed by atoms with Crippen LogP contribution in [-0.2, 0) is 6.18 Å². The van der Waals surface area contributed by atoms with Crippen molar-refractivity contribution in [2.75, 3.05) is 5.32 Å². The monoisotopic (exact) mass is 331 g/mol. The Morgan fingerprint density at radius 1 is 1.04 bits per heavy atom. The minimum absolute atomic E-state index is 0.169. The summed E-state index contributed by atoms with van der Waals surface area (Å²) in [5, 5.41) is 2.88. The zero-order valence-corrected chi connectivity index (χ0v) is 12.2. The number of para-hydroxylation sites is 2. The SMILES string of the molecule is NC1=NC(c2ccc(C(F)(F)F)cc2)n2c(nc3ccccc32)N1. The first-order chi connectivity index (χ1) is 11.4. The maximum Gasteiger partial charge on any atom is 0.416 e. The van der Waals surface area contributed by atoms with E-state index in [0.717, 1.165) is 23.2 Å². The van der Waals surface area contributed by atoms with Gasteiger partial charge < -0.3 is 5.73 Å². The van der Waals surface area contributed by atoms with Crippen LogP contribution in [-0.4, -0.2) is 15.5 Å². The highest BCUT2D eigenvalue weighted by Crippen LogP contribution is 2.34. The lowest BCUT2D eigenvalue weighted by Gasteiger charge is -2.24. The predicted octanol–water partition coefficient (Wildman–Crippen LogP) is 3.34. The molecule has 1 aliphatic rings. The number of halogens is 3. The van der Waals surface area contributed by atoms with Crippen molar-refractivity contribution < 1.29 is 13.2 Å². The molecule has 0 aliphatic carbocycles. The molecule has 1 atom stereocenters. The number of anilines is 1. The van der Waals surface area contributed by atoms with Gasteiger partial charge in [-0.15, -0.1) is 0 Å². The van der Waals surface area contributed by atoms with Crippen molar-refractivity contribution >= 4 is 22.9 Å². The highest BCUT2D eigenvalue weighted by Gasteiger charge is 2.31. The third-order valence-electron chi connectivity index (χ3n) is 3.88. The number of aliphatic imine (C=N–C) groups is 1. The van der Waals surface area contributed by atoms with Crippen molar-refractivity contribution in [2.24, 2.45) is 10.7 Å². The molecule has 0 saturated carbocycles. The number of guanidine groups is 1. The lowest BCUT2D eigenvalue weighted by atomic mass is 10.1. The summed E-state index contributed by atoms with van der Waals surface area (Å²) in [6.45, 7) is 0. The van der Waals surface area contributed by atoms with E-state index in [1.807, 2.05) is 28.8 Å². The van der Waals surface area contributed by atoms with Crippen molar-refractivity contribution in [3.8, 4) is 0 Å². The largest absolute Gasteiger partial charge is 0.416 e. The van der Waals surface area contributed by atoms with Crippen molar-refractivity contribution in [1.29, 1.82) is 0 Å². The van der Waals surface area contributed by atoms with Crippen LogP contribution in [0.15, 0.2) is 53.5 Å². The summed E-state index contributed by atoms with van der Waals surface area (Å²) in [6, 6.07) is 12.4. The van der Waals surface area contributed by atoms with Crippen LogP contribution in [0.3, 0.4) is 0 Å². The number of nitrogens with zero attached hydrogens (tertiary/aromatic N) is 3. The summed E-state index contributed by atoms with van der Waals surface area (Å²) in [4.78, 5) is 8.78. The molecule has 24 heavy (non-hydrogen) atoms. The molecule has 3 N–H and O–H groups in total. The zero-order valence-electron chi connectivity index (χ0n) is 12.2. The van der Waals surface area contributed by atoms with Gasteiger partial charge in [0.05, 0.1) is 16.6 Å². The van der Waals surface area contributed by atoms with Gasteiger partial charge in [-0.25, -0.2) is 9.98 Å². The molecule has 0 radical (unpaired) electrons. The number of imidazole rings is 1. The summed E-state index contributed by atoms with van der Waals surface area (Å²) in [7, 11) is 0. The molecule has 0 bridgehead atoms. The van der Waals surface area contributed by atoms with Crippen LogP contribution in [0.1, 0.15) is 17.3 Å². The molecule has 8 heteroatoms. The molecule has 0 saturated heterocycles. The number of nitrogens with two attached hydrogens (primary N) is 1. The molecular weight excluding hydrogens is 319 g/mol. The van der Waals surface area contributed by atoms with Crippen LogP contribution in [0.2, 0.25) is 0 Å². The molecule has 2 aromatic carbocycles. The fraction of sp³-hybridized carbons (Fsp3) is 0.125. The molecule has 3 aromatic rings. The maximum absolute atomic E-state index is 12.7. The number of nitrogens with one attached hydrogen (secondary N) is 1. The first-order valence-electron chi connectivity index (χ1n) is 7.18. The zero-order chi connectivity index (χ0) is 16.9. The van der Waals surface area contributed by atoms with Crippen molar-refractivity contribution in [1.82, 2.24) is 9.55 Å². The molecule has 0 amide bonds. The van der Waals surface area contributed by atoms with Crippen LogP contribution in [0.25, 0.3) is 11.0 Å². The van der Waals surface area contributed by atoms with E-state index < -0.39 is 17.9 Å². The van der Waals surface area contributed by atoms with E-state index in [4.69, 9.17) is 5.73 Å². The molecular formula is C16H12F3N5. The van der Waals surface area contributed by atoms with Gasteiger partial charge >= 0.3 is 6.18 Å². The first kappa shape index (κ1) is 14.6. The number of rotatable bonds is 1. The van der Waals surface area contributed by atoms with Gasteiger partial charge in [0.2, 0.25) is 5.95 Å². The van der Waals surface area contributed by atoms with Crippen LogP contribution in [0, 0.1) is 0 Å². The van der Waals surface area contributed by atoms with Gasteiger partial charge in [0.15, 0.2) is 12.1 Å². The number of aromatic nitrogens is 2. The second kappa shape index (κ2) is 4.98. The van der Waals surface area contributed by atoms with Crippen LogP contribution >= 0.6 is 0 Å². The molecule has 5 nitrogen and oxygen atoms in total. The first-order valence-corrected chi connectivity index (χ1v) is 7.18. The number of hydrogen-bond donors (Lipinski definition) is 2. The lowest BCUT2D eigenvalue weighted by molar-refractivity contribution is -0.137. The number of hydrogen-bond acceptors (Lipinski definition) is 4. The minimum Gasteiger partial charge on any atom is -0.370 e. The van der Waals surface area contributed by atoms with Gasteiger partial charge in [0.25, 0.3) is 0 Å². The van der Waals surface area contributed by atoms with Gasteiger partial charge in [-0.05, 0) is 29.8 Å². The van der Waals surface area contributed by atoms with Crippen LogP contribution < -0.4 is 11.1 Å². The van der Waals surface area contributed by atoms with Gasteiger partial charge in [-0.3, -0.25) is 9.88 Å². The fourth-order valence-electron chi connectivity index (χ4n) is 2.78. The Labute approximate surface area is 134 Å². The third-order valence-corrected chi connectivity index (χ3v) is 3.88. The quantitative estimate of drug-likeness (QED) is 0.718. The molecule has 122 valence electrons. The standard InChI is InChI=1S/C16H12F3N5/c17-16(18,19)10-7-5-9(6-8-10)13-22-14(20)23-15-21-11-3-1-2-4-12(11)24(13)15/h1-8,13H,(H3,20,21,22,23). The molecule has 0 spiro atoms. The second-order valence-corrected chi connectivity index (χ2v) is 5.43. The summed E-state index contributed by atoms with van der Waals surface area (Å²) in [6.07, 6.45) is -4.95. The van der Waals surface area contributed by atoms with Crippen LogP contribution in [0.4, 0.5) is 19.1 Å². The molecule has 4 rings (SSSR count). The van der Waals surface area contributed by atoms with Gasteiger partial charge in [-0.2, -0.15) is 13.2 Å². The average molecular weight is 331 g/mol. The maximum atomic E-state index is 12.7. The Hall–Kier alpha value is -3.03. The summed E-state index contributed by atoms with van der Waals surface area (Å²) >= 11 is 0.